The van der Waals surface area contributed by atoms with Crippen LogP contribution in [0.15, 0.2) is 22.6 Å². The van der Waals surface area contributed by atoms with Crippen LogP contribution >= 0.6 is 0 Å². The third-order valence-corrected chi connectivity index (χ3v) is 2.58. The molecule has 0 fully saturated rings. The molecule has 0 saturated carbocycles. The number of ether oxygens (including phenoxy) is 2. The van der Waals surface area contributed by atoms with Gasteiger partial charge < -0.3 is 13.9 Å². The van der Waals surface area contributed by atoms with Gasteiger partial charge in [-0.15, -0.1) is 0 Å². The summed E-state index contributed by atoms with van der Waals surface area (Å²) in [7, 11) is 3.29. The van der Waals surface area contributed by atoms with Gasteiger partial charge in [0, 0.05) is 24.7 Å². The normalized spacial score (nSPS) is 9.78. The predicted molar refractivity (Wildman–Crippen MR) is 70.4 cm³/mol. The highest BCUT2D eigenvalue weighted by Crippen LogP contribution is 2.27. The van der Waals surface area contributed by atoms with Gasteiger partial charge in [0.05, 0.1) is 7.11 Å². The van der Waals surface area contributed by atoms with E-state index in [2.05, 4.69) is 4.74 Å². The minimum Gasteiger partial charge on any atom is -0.497 e. The van der Waals surface area contributed by atoms with Gasteiger partial charge in [-0.05, 0) is 32.0 Å². The van der Waals surface area contributed by atoms with Crippen molar-refractivity contribution in [2.24, 2.45) is 0 Å². The second-order valence-corrected chi connectivity index (χ2v) is 3.65. The SMILES string of the molecule is CCOC.COc1ccc2oc(C=O)c(C)c2c1. The molecule has 0 bridgehead atoms. The summed E-state index contributed by atoms with van der Waals surface area (Å²) in [5, 5.41) is 0.923. The monoisotopic (exact) mass is 250 g/mol. The first-order valence-corrected chi connectivity index (χ1v) is 5.69. The van der Waals surface area contributed by atoms with Crippen molar-refractivity contribution in [1.29, 1.82) is 0 Å². The minimum atomic E-state index is 0.383. The van der Waals surface area contributed by atoms with Crippen molar-refractivity contribution >= 4 is 17.3 Å². The highest BCUT2D eigenvalue weighted by molar-refractivity contribution is 5.90. The van der Waals surface area contributed by atoms with Gasteiger partial charge in [0.15, 0.2) is 12.0 Å². The summed E-state index contributed by atoms with van der Waals surface area (Å²) in [4.78, 5) is 10.6. The van der Waals surface area contributed by atoms with E-state index in [1.165, 1.54) is 0 Å². The van der Waals surface area contributed by atoms with Crippen molar-refractivity contribution in [2.45, 2.75) is 13.8 Å². The van der Waals surface area contributed by atoms with Crippen LogP contribution in [0.2, 0.25) is 0 Å². The zero-order chi connectivity index (χ0) is 13.5. The van der Waals surface area contributed by atoms with Crippen LogP contribution in [0.3, 0.4) is 0 Å². The van der Waals surface area contributed by atoms with Crippen molar-refractivity contribution in [3.63, 3.8) is 0 Å². The summed E-state index contributed by atoms with van der Waals surface area (Å²) in [6, 6.07) is 5.47. The fraction of sp³-hybridized carbons (Fsp3) is 0.357. The van der Waals surface area contributed by atoms with Crippen LogP contribution < -0.4 is 4.74 Å². The zero-order valence-corrected chi connectivity index (χ0v) is 11.1. The Morgan fingerprint density at radius 2 is 2.00 bits per heavy atom. The number of carbonyl (C=O) groups is 1. The predicted octanol–water partition coefficient (Wildman–Crippen LogP) is 3.22. The number of hydrogen-bond donors (Lipinski definition) is 0. The number of aryl methyl sites for hydroxylation is 1. The number of fused-ring (bicyclic) bond motifs is 1. The number of rotatable bonds is 3. The number of furan rings is 1. The number of methoxy groups -OCH3 is 2. The van der Waals surface area contributed by atoms with E-state index >= 15 is 0 Å². The Morgan fingerprint density at radius 1 is 1.33 bits per heavy atom. The van der Waals surface area contributed by atoms with Gasteiger partial charge in [0.25, 0.3) is 0 Å². The van der Waals surface area contributed by atoms with Crippen molar-refractivity contribution < 1.29 is 18.7 Å². The van der Waals surface area contributed by atoms with Crippen LogP contribution in [0, 0.1) is 6.92 Å². The third kappa shape index (κ3) is 3.11. The summed E-state index contributed by atoms with van der Waals surface area (Å²) in [5.74, 6) is 1.15. The van der Waals surface area contributed by atoms with E-state index in [-0.39, 0.29) is 0 Å². The molecule has 0 unspecified atom stereocenters. The molecule has 18 heavy (non-hydrogen) atoms. The second kappa shape index (κ2) is 6.81. The third-order valence-electron chi connectivity index (χ3n) is 2.58. The van der Waals surface area contributed by atoms with Crippen molar-refractivity contribution in [2.75, 3.05) is 20.8 Å². The Hall–Kier alpha value is -1.81. The van der Waals surface area contributed by atoms with Crippen LogP contribution in [0.1, 0.15) is 23.0 Å². The summed E-state index contributed by atoms with van der Waals surface area (Å²) in [6.45, 7) is 4.63. The molecule has 4 nitrogen and oxygen atoms in total. The van der Waals surface area contributed by atoms with E-state index in [1.807, 2.05) is 19.9 Å². The Bertz CT molecular complexity index is 512. The maximum Gasteiger partial charge on any atom is 0.185 e. The van der Waals surface area contributed by atoms with Crippen LogP contribution in [0.5, 0.6) is 5.75 Å². The van der Waals surface area contributed by atoms with Gasteiger partial charge in [-0.1, -0.05) is 0 Å². The molecule has 0 atom stereocenters. The van der Waals surface area contributed by atoms with Crippen molar-refractivity contribution in [3.05, 3.63) is 29.5 Å². The van der Waals surface area contributed by atoms with E-state index in [9.17, 15) is 4.79 Å². The van der Waals surface area contributed by atoms with E-state index in [0.29, 0.717) is 11.3 Å². The Balaban J connectivity index is 0.000000357. The lowest BCUT2D eigenvalue weighted by Crippen LogP contribution is -1.81. The summed E-state index contributed by atoms with van der Waals surface area (Å²) < 4.78 is 15.0. The minimum absolute atomic E-state index is 0.383. The van der Waals surface area contributed by atoms with Crippen molar-refractivity contribution in [1.82, 2.24) is 0 Å². The Morgan fingerprint density at radius 3 is 2.50 bits per heavy atom. The Kier molecular flexibility index (Phi) is 5.39. The second-order valence-electron chi connectivity index (χ2n) is 3.65. The fourth-order valence-corrected chi connectivity index (χ4v) is 1.46. The summed E-state index contributed by atoms with van der Waals surface area (Å²) in [6.07, 6.45) is 0.724. The number of hydrogen-bond acceptors (Lipinski definition) is 4. The fourth-order valence-electron chi connectivity index (χ4n) is 1.46. The van der Waals surface area contributed by atoms with Crippen LogP contribution in [0.25, 0.3) is 11.0 Å². The lowest BCUT2D eigenvalue weighted by atomic mass is 10.1. The molecule has 98 valence electrons. The smallest absolute Gasteiger partial charge is 0.185 e. The number of carbonyl (C=O) groups excluding carboxylic acids is 1. The maximum absolute atomic E-state index is 10.6. The van der Waals surface area contributed by atoms with E-state index < -0.39 is 0 Å². The molecule has 0 saturated heterocycles. The molecule has 0 aliphatic carbocycles. The number of benzene rings is 1. The van der Waals surface area contributed by atoms with Crippen LogP contribution in [-0.2, 0) is 4.74 Å². The molecule has 0 aliphatic heterocycles. The average molecular weight is 250 g/mol. The molecule has 1 heterocycles. The topological polar surface area (TPSA) is 48.7 Å². The first-order chi connectivity index (χ1) is 8.67. The molecular formula is C14H18O4. The lowest BCUT2D eigenvalue weighted by molar-refractivity contribution is 0.110. The molecule has 0 spiro atoms. The first-order valence-electron chi connectivity index (χ1n) is 5.69. The van der Waals surface area contributed by atoms with Gasteiger partial charge in [-0.25, -0.2) is 0 Å². The van der Waals surface area contributed by atoms with Crippen LogP contribution in [0.4, 0.5) is 0 Å². The maximum atomic E-state index is 10.6. The average Bonchev–Trinajstić information content (AvgIpc) is 2.75. The van der Waals surface area contributed by atoms with Crippen LogP contribution in [-0.4, -0.2) is 27.1 Å². The van der Waals surface area contributed by atoms with Gasteiger partial charge in [0.2, 0.25) is 0 Å². The molecule has 2 aromatic rings. The Labute approximate surface area is 106 Å². The zero-order valence-electron chi connectivity index (χ0n) is 11.1. The molecule has 4 heteroatoms. The highest BCUT2D eigenvalue weighted by Gasteiger charge is 2.09. The van der Waals surface area contributed by atoms with Crippen molar-refractivity contribution in [3.8, 4) is 5.75 Å². The molecular weight excluding hydrogens is 232 g/mol. The molecule has 2 rings (SSSR count). The molecule has 1 aromatic carbocycles. The molecule has 0 radical (unpaired) electrons. The summed E-state index contributed by atoms with van der Waals surface area (Å²) >= 11 is 0. The molecule has 1 aromatic heterocycles. The molecule has 0 aliphatic rings. The first kappa shape index (κ1) is 14.3. The lowest BCUT2D eigenvalue weighted by Gasteiger charge is -1.97. The van der Waals surface area contributed by atoms with Gasteiger partial charge >= 0.3 is 0 Å². The summed E-state index contributed by atoms with van der Waals surface area (Å²) in [5.41, 5.74) is 1.57. The van der Waals surface area contributed by atoms with E-state index in [1.54, 1.807) is 26.4 Å². The quantitative estimate of drug-likeness (QED) is 0.785. The highest BCUT2D eigenvalue weighted by atomic mass is 16.5. The van der Waals surface area contributed by atoms with E-state index in [0.717, 1.165) is 29.6 Å². The van der Waals surface area contributed by atoms with Gasteiger partial charge in [0.1, 0.15) is 11.3 Å². The van der Waals surface area contributed by atoms with Gasteiger partial charge in [-0.3, -0.25) is 4.79 Å². The standard InChI is InChI=1S/C11H10O3.C3H8O/c1-7-9-5-8(13-2)3-4-10(9)14-11(7)6-12;1-3-4-2/h3-6H,1-2H3;3H2,1-2H3. The molecule has 0 N–H and O–H groups in total. The van der Waals surface area contributed by atoms with Gasteiger partial charge in [-0.2, -0.15) is 0 Å². The van der Waals surface area contributed by atoms with E-state index in [4.69, 9.17) is 9.15 Å². The molecule has 0 amide bonds. The largest absolute Gasteiger partial charge is 0.497 e. The number of aldehydes is 1.